The fraction of sp³-hybridized carbons (Fsp3) is 0.381. The van der Waals surface area contributed by atoms with Gasteiger partial charge in [0.15, 0.2) is 0 Å². The molecule has 0 spiro atoms. The molecule has 1 aliphatic rings. The molecule has 1 aliphatic carbocycles. The highest BCUT2D eigenvalue weighted by atomic mass is 19.4. The Kier molecular flexibility index (Phi) is 6.49. The van der Waals surface area contributed by atoms with Gasteiger partial charge < -0.3 is 15.8 Å². The van der Waals surface area contributed by atoms with Crippen LogP contribution in [-0.4, -0.2) is 18.2 Å². The lowest BCUT2D eigenvalue weighted by Gasteiger charge is -2.26. The summed E-state index contributed by atoms with van der Waals surface area (Å²) in [6, 6.07) is 9.30. The Hall–Kier alpha value is -2.75. The van der Waals surface area contributed by atoms with Gasteiger partial charge in [-0.15, -0.1) is 0 Å². The Balaban J connectivity index is 1.84. The van der Waals surface area contributed by atoms with Gasteiger partial charge in [0.05, 0.1) is 23.8 Å². The minimum atomic E-state index is -4.92. The summed E-state index contributed by atoms with van der Waals surface area (Å²) in [7, 11) is 0. The molecule has 3 atom stereocenters. The van der Waals surface area contributed by atoms with E-state index >= 15 is 0 Å². The number of carbonyl (C=O) groups is 1. The molecule has 2 amide bonds. The molecule has 0 unspecified atom stereocenters. The zero-order valence-corrected chi connectivity index (χ0v) is 16.1. The predicted molar refractivity (Wildman–Crippen MR) is 99.9 cm³/mol. The van der Waals surface area contributed by atoms with Gasteiger partial charge in [0.2, 0.25) is 0 Å². The number of hydrogen-bond acceptors (Lipinski definition) is 2. The van der Waals surface area contributed by atoms with Crippen LogP contribution in [0.2, 0.25) is 0 Å². The predicted octanol–water partition coefficient (Wildman–Crippen LogP) is 5.22. The van der Waals surface area contributed by atoms with Gasteiger partial charge in [0, 0.05) is 12.0 Å². The molecule has 1 fully saturated rings. The maximum absolute atomic E-state index is 13.1. The lowest BCUT2D eigenvalue weighted by molar-refractivity contribution is -0.143. The highest BCUT2D eigenvalue weighted by Crippen LogP contribution is 2.39. The van der Waals surface area contributed by atoms with Crippen molar-refractivity contribution in [1.82, 2.24) is 5.32 Å². The Morgan fingerprint density at radius 2 is 1.55 bits per heavy atom. The molecule has 0 bridgehead atoms. The smallest absolute Gasteiger partial charge is 0.373 e. The van der Waals surface area contributed by atoms with E-state index in [1.807, 2.05) is 12.1 Å². The van der Waals surface area contributed by atoms with Crippen LogP contribution in [0.5, 0.6) is 0 Å². The first-order chi connectivity index (χ1) is 14.4. The van der Waals surface area contributed by atoms with E-state index in [4.69, 9.17) is 10.5 Å². The van der Waals surface area contributed by atoms with Crippen molar-refractivity contribution in [3.8, 4) is 0 Å². The largest absolute Gasteiger partial charge is 0.416 e. The van der Waals surface area contributed by atoms with Crippen molar-refractivity contribution in [2.24, 2.45) is 5.73 Å². The summed E-state index contributed by atoms with van der Waals surface area (Å²) in [4.78, 5) is 11.3. The molecule has 1 saturated carbocycles. The Bertz CT molecular complexity index is 882. The number of nitrogens with two attached hydrogens (primary N) is 1. The average Bonchev–Trinajstić information content (AvgIpc) is 3.07. The van der Waals surface area contributed by atoms with Crippen molar-refractivity contribution in [1.29, 1.82) is 0 Å². The third-order valence-corrected chi connectivity index (χ3v) is 5.22. The van der Waals surface area contributed by atoms with Crippen molar-refractivity contribution in [3.05, 3.63) is 70.8 Å². The normalized spacial score (nSPS) is 21.8. The number of hydrogen-bond donors (Lipinski definition) is 2. The Labute approximate surface area is 174 Å². The van der Waals surface area contributed by atoms with Gasteiger partial charge >= 0.3 is 18.4 Å². The number of amides is 2. The van der Waals surface area contributed by atoms with Gasteiger partial charge in [-0.1, -0.05) is 30.3 Å². The molecule has 0 heterocycles. The summed E-state index contributed by atoms with van der Waals surface area (Å²) >= 11 is 0. The van der Waals surface area contributed by atoms with Crippen LogP contribution in [-0.2, 0) is 23.7 Å². The molecule has 0 aromatic heterocycles. The number of primary amides is 1. The van der Waals surface area contributed by atoms with Crippen molar-refractivity contribution < 1.29 is 35.9 Å². The number of alkyl halides is 6. The molecule has 2 aromatic carbocycles. The number of benzene rings is 2. The molecule has 3 rings (SSSR count). The molecule has 10 heteroatoms. The second-order valence-corrected chi connectivity index (χ2v) is 7.39. The zero-order valence-electron chi connectivity index (χ0n) is 16.1. The number of nitrogens with one attached hydrogen (secondary N) is 1. The summed E-state index contributed by atoms with van der Waals surface area (Å²) in [5.74, 6) is -0.346. The van der Waals surface area contributed by atoms with Crippen LogP contribution in [0.1, 0.15) is 41.0 Å². The summed E-state index contributed by atoms with van der Waals surface area (Å²) < 4.78 is 84.2. The topological polar surface area (TPSA) is 64.4 Å². The molecular formula is C21H20F6N2O2. The minimum absolute atomic E-state index is 0.0820. The molecule has 168 valence electrons. The van der Waals surface area contributed by atoms with Gasteiger partial charge in [-0.25, -0.2) is 4.79 Å². The molecule has 2 aromatic rings. The van der Waals surface area contributed by atoms with E-state index in [1.165, 1.54) is 0 Å². The summed E-state index contributed by atoms with van der Waals surface area (Å²) in [5, 5.41) is 2.64. The number of carbonyl (C=O) groups excluding carboxylic acids is 1. The highest BCUT2D eigenvalue weighted by molar-refractivity contribution is 5.72. The quantitative estimate of drug-likeness (QED) is 0.619. The van der Waals surface area contributed by atoms with Crippen LogP contribution in [0.3, 0.4) is 0 Å². The van der Waals surface area contributed by atoms with Crippen LogP contribution in [0.25, 0.3) is 0 Å². The van der Waals surface area contributed by atoms with Gasteiger partial charge in [0.25, 0.3) is 0 Å². The van der Waals surface area contributed by atoms with Gasteiger partial charge in [-0.05, 0) is 42.2 Å². The van der Waals surface area contributed by atoms with E-state index in [-0.39, 0.29) is 23.6 Å². The van der Waals surface area contributed by atoms with Crippen molar-refractivity contribution in [3.63, 3.8) is 0 Å². The lowest BCUT2D eigenvalue weighted by Crippen LogP contribution is -2.41. The van der Waals surface area contributed by atoms with Crippen LogP contribution >= 0.6 is 0 Å². The lowest BCUT2D eigenvalue weighted by atomic mass is 9.92. The van der Waals surface area contributed by atoms with Crippen LogP contribution in [0.4, 0.5) is 31.1 Å². The van der Waals surface area contributed by atoms with Crippen molar-refractivity contribution >= 4 is 6.03 Å². The maximum atomic E-state index is 13.1. The standard InChI is InChI=1S/C21H20F6N2O2/c22-20(23,24)14-8-12(9-15(10-14)21(25,26)27)11-31-17-7-6-16(29-19(28)30)18(17)13-4-2-1-3-5-13/h1-5,8-10,16-18H,6-7,11H2,(H3,28,29,30)/t16-,17-,18+/m0/s1. The van der Waals surface area contributed by atoms with E-state index in [0.717, 1.165) is 5.56 Å². The van der Waals surface area contributed by atoms with Crippen LogP contribution in [0.15, 0.2) is 48.5 Å². The fourth-order valence-corrected chi connectivity index (χ4v) is 3.92. The van der Waals surface area contributed by atoms with E-state index < -0.39 is 42.2 Å². The molecule has 3 N–H and O–H groups in total. The van der Waals surface area contributed by atoms with Crippen molar-refractivity contribution in [2.45, 2.75) is 49.9 Å². The third-order valence-electron chi connectivity index (χ3n) is 5.22. The van der Waals surface area contributed by atoms with Crippen molar-refractivity contribution in [2.75, 3.05) is 0 Å². The Morgan fingerprint density at radius 3 is 2.06 bits per heavy atom. The molecule has 31 heavy (non-hydrogen) atoms. The van der Waals surface area contributed by atoms with Gasteiger partial charge in [-0.2, -0.15) is 26.3 Å². The molecule has 0 saturated heterocycles. The first-order valence-electron chi connectivity index (χ1n) is 9.46. The number of halogens is 6. The van der Waals surface area contributed by atoms with E-state index in [2.05, 4.69) is 5.32 Å². The van der Waals surface area contributed by atoms with Gasteiger partial charge in [0.1, 0.15) is 0 Å². The summed E-state index contributed by atoms with van der Waals surface area (Å²) in [6.45, 7) is -0.440. The molecule has 4 nitrogen and oxygen atoms in total. The molecular weight excluding hydrogens is 426 g/mol. The van der Waals surface area contributed by atoms with E-state index in [9.17, 15) is 31.1 Å². The zero-order chi connectivity index (χ0) is 22.8. The molecule has 0 radical (unpaired) electrons. The second kappa shape index (κ2) is 8.78. The minimum Gasteiger partial charge on any atom is -0.373 e. The van der Waals surface area contributed by atoms with Crippen LogP contribution < -0.4 is 11.1 Å². The molecule has 0 aliphatic heterocycles. The second-order valence-electron chi connectivity index (χ2n) is 7.39. The van der Waals surface area contributed by atoms with E-state index in [0.29, 0.717) is 25.0 Å². The summed E-state index contributed by atoms with van der Waals surface area (Å²) in [6.07, 6.45) is -9.42. The monoisotopic (exact) mass is 446 g/mol. The maximum Gasteiger partial charge on any atom is 0.416 e. The van der Waals surface area contributed by atoms with Crippen LogP contribution in [0, 0.1) is 0 Å². The number of rotatable bonds is 5. The fourth-order valence-electron chi connectivity index (χ4n) is 3.92. The Morgan fingerprint density at radius 1 is 0.968 bits per heavy atom. The third kappa shape index (κ3) is 5.69. The van der Waals surface area contributed by atoms with Gasteiger partial charge in [-0.3, -0.25) is 0 Å². The SMILES string of the molecule is NC(=O)N[C@H]1CC[C@H](OCc2cc(C(F)(F)F)cc(C(F)(F)F)c2)[C@@H]1c1ccccc1. The first kappa shape index (κ1) is 22.9. The first-order valence-corrected chi connectivity index (χ1v) is 9.46. The highest BCUT2D eigenvalue weighted by Gasteiger charge is 2.39. The van der Waals surface area contributed by atoms with E-state index in [1.54, 1.807) is 18.2 Å². The summed E-state index contributed by atoms with van der Waals surface area (Å²) in [5.41, 5.74) is 3.04. The number of ether oxygens (including phenoxy) is 1. The number of urea groups is 1. The average molecular weight is 446 g/mol.